The van der Waals surface area contributed by atoms with E-state index in [1.807, 2.05) is 0 Å². The summed E-state index contributed by atoms with van der Waals surface area (Å²) in [6, 6.07) is 3.17. The highest BCUT2D eigenvalue weighted by atomic mass is 35.5. The molecule has 1 aliphatic heterocycles. The van der Waals surface area contributed by atoms with Gasteiger partial charge >= 0.3 is 6.18 Å². The number of benzene rings is 1. The van der Waals surface area contributed by atoms with Crippen molar-refractivity contribution < 1.29 is 21.6 Å². The molecule has 0 unspecified atom stereocenters. The summed E-state index contributed by atoms with van der Waals surface area (Å²) in [5.74, 6) is 0.0807. The van der Waals surface area contributed by atoms with Crippen molar-refractivity contribution in [2.45, 2.75) is 19.5 Å². The molecule has 1 aromatic rings. The van der Waals surface area contributed by atoms with Crippen molar-refractivity contribution in [1.82, 2.24) is 4.31 Å². The van der Waals surface area contributed by atoms with Crippen LogP contribution in [0.5, 0.6) is 0 Å². The molecule has 2 rings (SSSR count). The molecule has 4 nitrogen and oxygen atoms in total. The monoisotopic (exact) mass is 370 g/mol. The molecule has 0 N–H and O–H groups in total. The summed E-state index contributed by atoms with van der Waals surface area (Å²) in [4.78, 5) is 1.69. The second-order valence-electron chi connectivity index (χ2n) is 5.37. The zero-order valence-corrected chi connectivity index (χ0v) is 14.2. The van der Waals surface area contributed by atoms with Gasteiger partial charge in [0, 0.05) is 26.2 Å². The van der Waals surface area contributed by atoms with Crippen molar-refractivity contribution in [2.24, 2.45) is 0 Å². The van der Waals surface area contributed by atoms with E-state index in [0.717, 1.165) is 12.1 Å². The number of piperazine rings is 1. The van der Waals surface area contributed by atoms with Crippen molar-refractivity contribution in [2.75, 3.05) is 36.8 Å². The fourth-order valence-corrected chi connectivity index (χ4v) is 4.26. The molecule has 1 aliphatic rings. The summed E-state index contributed by atoms with van der Waals surface area (Å²) in [7, 11) is -3.29. The van der Waals surface area contributed by atoms with E-state index in [2.05, 4.69) is 0 Å². The van der Waals surface area contributed by atoms with Gasteiger partial charge in [-0.3, -0.25) is 0 Å². The van der Waals surface area contributed by atoms with E-state index in [4.69, 9.17) is 11.6 Å². The minimum absolute atomic E-state index is 0.0807. The van der Waals surface area contributed by atoms with E-state index in [0.29, 0.717) is 19.5 Å². The lowest BCUT2D eigenvalue weighted by Gasteiger charge is -2.36. The van der Waals surface area contributed by atoms with Gasteiger partial charge in [0.15, 0.2) is 0 Å². The Morgan fingerprint density at radius 2 is 1.78 bits per heavy atom. The van der Waals surface area contributed by atoms with Crippen molar-refractivity contribution >= 4 is 27.3 Å². The molecule has 0 aromatic heterocycles. The highest BCUT2D eigenvalue weighted by Gasteiger charge is 2.32. The number of anilines is 1. The molecule has 1 aromatic carbocycles. The Balaban J connectivity index is 2.14. The number of nitrogens with zero attached hydrogens (tertiary/aromatic N) is 2. The molecule has 1 saturated heterocycles. The molecular formula is C14H18ClF3N2O2S. The molecule has 23 heavy (non-hydrogen) atoms. The predicted octanol–water partition coefficient (Wildman–Crippen LogP) is 3.22. The molecule has 0 amide bonds. The topological polar surface area (TPSA) is 40.6 Å². The standard InChI is InChI=1S/C14H18ClF3N2O2S/c1-2-9-23(21,22)20-7-5-19(6-8-20)13-10-11(14(16,17)18)3-4-12(13)15/h3-4,10H,2,5-9H2,1H3. The maximum Gasteiger partial charge on any atom is 0.416 e. The van der Waals surface area contributed by atoms with Crippen LogP contribution < -0.4 is 4.90 Å². The lowest BCUT2D eigenvalue weighted by molar-refractivity contribution is -0.137. The third-order valence-electron chi connectivity index (χ3n) is 3.71. The van der Waals surface area contributed by atoms with E-state index < -0.39 is 21.8 Å². The number of hydrogen-bond acceptors (Lipinski definition) is 3. The molecular weight excluding hydrogens is 353 g/mol. The minimum Gasteiger partial charge on any atom is -0.368 e. The van der Waals surface area contributed by atoms with Gasteiger partial charge in [0.25, 0.3) is 0 Å². The molecule has 0 saturated carbocycles. The average Bonchev–Trinajstić information content (AvgIpc) is 2.46. The van der Waals surface area contributed by atoms with E-state index in [-0.39, 0.29) is 29.6 Å². The molecule has 0 bridgehead atoms. The summed E-state index contributed by atoms with van der Waals surface area (Å²) < 4.78 is 63.9. The first-order valence-corrected chi connectivity index (χ1v) is 9.23. The molecule has 0 radical (unpaired) electrons. The van der Waals surface area contributed by atoms with Crippen molar-refractivity contribution in [3.63, 3.8) is 0 Å². The third kappa shape index (κ3) is 4.30. The largest absolute Gasteiger partial charge is 0.416 e. The van der Waals surface area contributed by atoms with Crippen LogP contribution in [0, 0.1) is 0 Å². The maximum atomic E-state index is 12.8. The smallest absolute Gasteiger partial charge is 0.368 e. The Hall–Kier alpha value is -0.990. The summed E-state index contributed by atoms with van der Waals surface area (Å²) in [6.45, 7) is 2.90. The number of rotatable bonds is 4. The highest BCUT2D eigenvalue weighted by molar-refractivity contribution is 7.89. The van der Waals surface area contributed by atoms with E-state index in [1.54, 1.807) is 11.8 Å². The van der Waals surface area contributed by atoms with Crippen LogP contribution in [-0.2, 0) is 16.2 Å². The van der Waals surface area contributed by atoms with Gasteiger partial charge in [-0.1, -0.05) is 18.5 Å². The summed E-state index contributed by atoms with van der Waals surface area (Å²) in [5, 5.41) is 0.225. The van der Waals surface area contributed by atoms with Crippen LogP contribution in [0.1, 0.15) is 18.9 Å². The average molecular weight is 371 g/mol. The molecule has 130 valence electrons. The van der Waals surface area contributed by atoms with E-state index >= 15 is 0 Å². The van der Waals surface area contributed by atoms with Crippen LogP contribution in [0.15, 0.2) is 18.2 Å². The summed E-state index contributed by atoms with van der Waals surface area (Å²) in [6.07, 6.45) is -3.91. The molecule has 0 spiro atoms. The van der Waals surface area contributed by atoms with Crippen LogP contribution in [0.4, 0.5) is 18.9 Å². The highest BCUT2D eigenvalue weighted by Crippen LogP contribution is 2.35. The first kappa shape index (κ1) is 18.4. The molecule has 1 fully saturated rings. The van der Waals surface area contributed by atoms with Gasteiger partial charge in [0.05, 0.1) is 22.0 Å². The Bertz CT molecular complexity index is 656. The van der Waals surface area contributed by atoms with Gasteiger partial charge in [0.2, 0.25) is 10.0 Å². The zero-order chi connectivity index (χ0) is 17.3. The number of sulfonamides is 1. The van der Waals surface area contributed by atoms with Crippen LogP contribution >= 0.6 is 11.6 Å². The molecule has 0 atom stereocenters. The Morgan fingerprint density at radius 3 is 2.30 bits per heavy atom. The summed E-state index contributed by atoms with van der Waals surface area (Å²) >= 11 is 6.01. The second kappa shape index (κ2) is 6.86. The van der Waals surface area contributed by atoms with Crippen LogP contribution in [0.3, 0.4) is 0 Å². The predicted molar refractivity (Wildman–Crippen MR) is 84.3 cm³/mol. The van der Waals surface area contributed by atoms with Gasteiger partial charge < -0.3 is 4.90 Å². The Morgan fingerprint density at radius 1 is 1.17 bits per heavy atom. The van der Waals surface area contributed by atoms with Crippen molar-refractivity contribution in [3.8, 4) is 0 Å². The van der Waals surface area contributed by atoms with Gasteiger partial charge in [-0.25, -0.2) is 8.42 Å². The first-order chi connectivity index (χ1) is 10.6. The van der Waals surface area contributed by atoms with Gasteiger partial charge in [0.1, 0.15) is 0 Å². The maximum absolute atomic E-state index is 12.8. The SMILES string of the molecule is CCCS(=O)(=O)N1CCN(c2cc(C(F)(F)F)ccc2Cl)CC1. The Labute approximate surface area is 138 Å². The molecule has 9 heteroatoms. The van der Waals surface area contributed by atoms with Crippen LogP contribution in [0.2, 0.25) is 5.02 Å². The number of halogens is 4. The molecule has 1 heterocycles. The van der Waals surface area contributed by atoms with E-state index in [9.17, 15) is 21.6 Å². The van der Waals surface area contributed by atoms with Crippen LogP contribution in [0.25, 0.3) is 0 Å². The minimum atomic E-state index is -4.44. The van der Waals surface area contributed by atoms with E-state index in [1.165, 1.54) is 10.4 Å². The van der Waals surface area contributed by atoms with Crippen LogP contribution in [-0.4, -0.2) is 44.7 Å². The van der Waals surface area contributed by atoms with Crippen molar-refractivity contribution in [3.05, 3.63) is 28.8 Å². The lowest BCUT2D eigenvalue weighted by Crippen LogP contribution is -2.49. The summed E-state index contributed by atoms with van der Waals surface area (Å²) in [5.41, 5.74) is -0.480. The van der Waals surface area contributed by atoms with Gasteiger partial charge in [-0.2, -0.15) is 17.5 Å². The van der Waals surface area contributed by atoms with Crippen molar-refractivity contribution in [1.29, 1.82) is 0 Å². The lowest BCUT2D eigenvalue weighted by atomic mass is 10.1. The quantitative estimate of drug-likeness (QED) is 0.817. The number of hydrogen-bond donors (Lipinski definition) is 0. The fraction of sp³-hybridized carbons (Fsp3) is 0.571. The first-order valence-electron chi connectivity index (χ1n) is 7.24. The second-order valence-corrected chi connectivity index (χ2v) is 7.86. The van der Waals surface area contributed by atoms with Gasteiger partial charge in [-0.05, 0) is 24.6 Å². The zero-order valence-electron chi connectivity index (χ0n) is 12.6. The third-order valence-corrected chi connectivity index (χ3v) is 6.10. The Kier molecular flexibility index (Phi) is 5.48. The number of alkyl halides is 3. The normalized spacial score (nSPS) is 17.5. The van der Waals surface area contributed by atoms with Gasteiger partial charge in [-0.15, -0.1) is 0 Å². The fourth-order valence-electron chi connectivity index (χ4n) is 2.53. The molecule has 0 aliphatic carbocycles.